The molecule has 0 bridgehead atoms. The second-order valence-electron chi connectivity index (χ2n) is 4.60. The van der Waals surface area contributed by atoms with Gasteiger partial charge in [0.2, 0.25) is 5.91 Å². The predicted octanol–water partition coefficient (Wildman–Crippen LogP) is 1.59. The Labute approximate surface area is 110 Å². The first kappa shape index (κ1) is 12.8. The Hall–Kier alpha value is -0.650. The molecule has 4 nitrogen and oxygen atoms in total. The van der Waals surface area contributed by atoms with Gasteiger partial charge in [0, 0.05) is 18.5 Å². The predicted molar refractivity (Wildman–Crippen MR) is 69.2 cm³/mol. The summed E-state index contributed by atoms with van der Waals surface area (Å²) in [4.78, 5) is 18.4. The molecule has 1 saturated heterocycles. The molecule has 17 heavy (non-hydrogen) atoms. The summed E-state index contributed by atoms with van der Waals surface area (Å²) >= 11 is 7.33. The summed E-state index contributed by atoms with van der Waals surface area (Å²) < 4.78 is 0. The number of hydrogen-bond acceptors (Lipinski definition) is 4. The van der Waals surface area contributed by atoms with Crippen molar-refractivity contribution < 1.29 is 4.79 Å². The van der Waals surface area contributed by atoms with E-state index in [1.807, 2.05) is 19.2 Å². The Morgan fingerprint density at radius 3 is 3.06 bits per heavy atom. The number of halogens is 1. The van der Waals surface area contributed by atoms with Gasteiger partial charge in [0.25, 0.3) is 0 Å². The van der Waals surface area contributed by atoms with E-state index < -0.39 is 5.54 Å². The number of amides is 1. The summed E-state index contributed by atoms with van der Waals surface area (Å²) in [5.74, 6) is 0.526. The van der Waals surface area contributed by atoms with Gasteiger partial charge in [-0.15, -0.1) is 22.9 Å². The molecule has 0 saturated carbocycles. The number of alkyl halides is 1. The summed E-state index contributed by atoms with van der Waals surface area (Å²) in [5, 5.41) is 5.87. The quantitative estimate of drug-likeness (QED) is 0.851. The SMILES string of the molecule is CC1(C)C(=O)NCCN1Cc1nc(CCl)cs1. The minimum Gasteiger partial charge on any atom is -0.353 e. The summed E-state index contributed by atoms with van der Waals surface area (Å²) in [5.41, 5.74) is 0.441. The summed E-state index contributed by atoms with van der Waals surface area (Å²) in [7, 11) is 0. The van der Waals surface area contributed by atoms with Crippen molar-refractivity contribution in [1.29, 1.82) is 0 Å². The Balaban J connectivity index is 2.09. The third-order valence-corrected chi connectivity index (χ3v) is 4.23. The van der Waals surface area contributed by atoms with Crippen molar-refractivity contribution in [2.75, 3.05) is 13.1 Å². The van der Waals surface area contributed by atoms with E-state index in [-0.39, 0.29) is 5.91 Å². The molecule has 2 rings (SSSR count). The third kappa shape index (κ3) is 2.61. The average molecular weight is 274 g/mol. The summed E-state index contributed by atoms with van der Waals surface area (Å²) in [6.07, 6.45) is 0. The van der Waals surface area contributed by atoms with Crippen LogP contribution in [-0.4, -0.2) is 34.4 Å². The fourth-order valence-electron chi connectivity index (χ4n) is 1.87. The molecular weight excluding hydrogens is 258 g/mol. The molecule has 0 spiro atoms. The highest BCUT2D eigenvalue weighted by Gasteiger charge is 2.37. The molecule has 6 heteroatoms. The number of carbonyl (C=O) groups excluding carboxylic acids is 1. The Morgan fingerprint density at radius 1 is 1.65 bits per heavy atom. The van der Waals surface area contributed by atoms with Crippen molar-refractivity contribution >= 4 is 28.8 Å². The van der Waals surface area contributed by atoms with Crippen molar-refractivity contribution in [2.45, 2.75) is 31.8 Å². The van der Waals surface area contributed by atoms with Crippen LogP contribution in [0.5, 0.6) is 0 Å². The van der Waals surface area contributed by atoms with Crippen LogP contribution < -0.4 is 5.32 Å². The second-order valence-corrected chi connectivity index (χ2v) is 5.81. The number of rotatable bonds is 3. The fourth-order valence-corrected chi connectivity index (χ4v) is 2.90. The van der Waals surface area contributed by atoms with Gasteiger partial charge in [-0.1, -0.05) is 0 Å². The molecule has 1 amide bonds. The van der Waals surface area contributed by atoms with Crippen LogP contribution in [0.2, 0.25) is 0 Å². The molecule has 0 aliphatic carbocycles. The topological polar surface area (TPSA) is 45.2 Å². The van der Waals surface area contributed by atoms with Gasteiger partial charge < -0.3 is 5.32 Å². The second kappa shape index (κ2) is 4.92. The number of nitrogens with zero attached hydrogens (tertiary/aromatic N) is 2. The molecule has 0 atom stereocenters. The Morgan fingerprint density at radius 2 is 2.41 bits per heavy atom. The van der Waals surface area contributed by atoms with Crippen molar-refractivity contribution in [3.63, 3.8) is 0 Å². The molecular formula is C11H16ClN3OS. The number of nitrogens with one attached hydrogen (secondary N) is 1. The van der Waals surface area contributed by atoms with Crippen LogP contribution in [0.4, 0.5) is 0 Å². The summed E-state index contributed by atoms with van der Waals surface area (Å²) in [6, 6.07) is 0. The van der Waals surface area contributed by atoms with E-state index >= 15 is 0 Å². The number of carbonyl (C=O) groups is 1. The van der Waals surface area contributed by atoms with E-state index in [4.69, 9.17) is 11.6 Å². The van der Waals surface area contributed by atoms with Gasteiger partial charge >= 0.3 is 0 Å². The van der Waals surface area contributed by atoms with E-state index in [0.717, 1.165) is 17.2 Å². The molecule has 1 aromatic heterocycles. The maximum absolute atomic E-state index is 11.8. The maximum Gasteiger partial charge on any atom is 0.240 e. The monoisotopic (exact) mass is 273 g/mol. The first-order chi connectivity index (χ1) is 8.04. The molecule has 94 valence electrons. The van der Waals surface area contributed by atoms with Crippen molar-refractivity contribution in [2.24, 2.45) is 0 Å². The van der Waals surface area contributed by atoms with Crippen molar-refractivity contribution in [3.05, 3.63) is 16.1 Å². The molecule has 2 heterocycles. The van der Waals surface area contributed by atoms with Crippen LogP contribution >= 0.6 is 22.9 Å². The lowest BCUT2D eigenvalue weighted by Gasteiger charge is -2.40. The van der Waals surface area contributed by atoms with E-state index in [1.54, 1.807) is 11.3 Å². The van der Waals surface area contributed by atoms with E-state index in [9.17, 15) is 4.79 Å². The normalized spacial score (nSPS) is 20.3. The highest BCUT2D eigenvalue weighted by atomic mass is 35.5. The molecule has 1 fully saturated rings. The minimum atomic E-state index is -0.467. The Bertz CT molecular complexity index is 419. The van der Waals surface area contributed by atoms with Crippen LogP contribution in [0.3, 0.4) is 0 Å². The van der Waals surface area contributed by atoms with Gasteiger partial charge in [-0.25, -0.2) is 4.98 Å². The number of piperazine rings is 1. The van der Waals surface area contributed by atoms with Crippen LogP contribution in [0, 0.1) is 0 Å². The number of thiazole rings is 1. The van der Waals surface area contributed by atoms with E-state index in [0.29, 0.717) is 19.0 Å². The van der Waals surface area contributed by atoms with Gasteiger partial charge in [-0.3, -0.25) is 9.69 Å². The summed E-state index contributed by atoms with van der Waals surface area (Å²) in [6.45, 7) is 6.15. The first-order valence-electron chi connectivity index (χ1n) is 5.56. The van der Waals surface area contributed by atoms with E-state index in [1.165, 1.54) is 0 Å². The highest BCUT2D eigenvalue weighted by Crippen LogP contribution is 2.22. The van der Waals surface area contributed by atoms with Crippen LogP contribution in [0.1, 0.15) is 24.5 Å². The smallest absolute Gasteiger partial charge is 0.240 e. The molecule has 0 radical (unpaired) electrons. The van der Waals surface area contributed by atoms with Crippen LogP contribution in [0.15, 0.2) is 5.38 Å². The zero-order chi connectivity index (χ0) is 12.5. The number of hydrogen-bond donors (Lipinski definition) is 1. The largest absolute Gasteiger partial charge is 0.353 e. The Kier molecular flexibility index (Phi) is 3.70. The molecule has 1 aromatic rings. The van der Waals surface area contributed by atoms with Gasteiger partial charge in [-0.2, -0.15) is 0 Å². The molecule has 1 aliphatic rings. The lowest BCUT2D eigenvalue weighted by molar-refractivity contribution is -0.135. The number of aromatic nitrogens is 1. The first-order valence-corrected chi connectivity index (χ1v) is 6.98. The van der Waals surface area contributed by atoms with Crippen molar-refractivity contribution in [1.82, 2.24) is 15.2 Å². The molecule has 0 unspecified atom stereocenters. The highest BCUT2D eigenvalue weighted by molar-refractivity contribution is 7.09. The average Bonchev–Trinajstić information content (AvgIpc) is 2.73. The van der Waals surface area contributed by atoms with Gasteiger partial charge in [-0.05, 0) is 13.8 Å². The lowest BCUT2D eigenvalue weighted by atomic mass is 9.99. The lowest BCUT2D eigenvalue weighted by Crippen LogP contribution is -2.61. The van der Waals surface area contributed by atoms with Gasteiger partial charge in [0.15, 0.2) is 0 Å². The standard InChI is InChI=1S/C11H16ClN3OS/c1-11(2)10(16)13-3-4-15(11)6-9-14-8(5-12)7-17-9/h7H,3-6H2,1-2H3,(H,13,16). The van der Waals surface area contributed by atoms with Crippen LogP contribution in [-0.2, 0) is 17.2 Å². The molecule has 0 aromatic carbocycles. The van der Waals surface area contributed by atoms with Crippen LogP contribution in [0.25, 0.3) is 0 Å². The minimum absolute atomic E-state index is 0.0814. The van der Waals surface area contributed by atoms with Gasteiger partial charge in [0.05, 0.1) is 23.7 Å². The zero-order valence-corrected chi connectivity index (χ0v) is 11.6. The third-order valence-electron chi connectivity index (χ3n) is 3.08. The van der Waals surface area contributed by atoms with E-state index in [2.05, 4.69) is 15.2 Å². The van der Waals surface area contributed by atoms with Crippen molar-refractivity contribution in [3.8, 4) is 0 Å². The maximum atomic E-state index is 11.8. The molecule has 1 aliphatic heterocycles. The fraction of sp³-hybridized carbons (Fsp3) is 0.636. The zero-order valence-electron chi connectivity index (χ0n) is 9.99. The molecule has 1 N–H and O–H groups in total. The van der Waals surface area contributed by atoms with Gasteiger partial charge in [0.1, 0.15) is 5.01 Å².